The summed E-state index contributed by atoms with van der Waals surface area (Å²) in [6, 6.07) is 3.92. The number of halogens is 3. The van der Waals surface area contributed by atoms with Crippen molar-refractivity contribution in [2.45, 2.75) is 25.7 Å². The van der Waals surface area contributed by atoms with Crippen molar-refractivity contribution in [3.05, 3.63) is 39.8 Å². The molecule has 0 bridgehead atoms. The lowest BCUT2D eigenvalue weighted by Crippen LogP contribution is -2.35. The Hall–Kier alpha value is -2.44. The standard InChI is InChI=1S/C18H24N4O2S.C2HF3O2/c1-12-4-6-25-17(12)10-22-8-14-13(11-24-16(14)9-22)7-19-18(23)15-3-5-20-21(15)2;3-2(4,5)1(6)7/h3-6,13-14,16H,7-11H2,1-2H3,(H,19,23);(H,6,7)/t13-,14-,16-;/m1./s1. The van der Waals surface area contributed by atoms with Crippen LogP contribution in [0.4, 0.5) is 13.2 Å². The Labute approximate surface area is 187 Å². The Kier molecular flexibility index (Phi) is 7.57. The number of thiophene rings is 1. The van der Waals surface area contributed by atoms with E-state index in [1.807, 2.05) is 11.3 Å². The van der Waals surface area contributed by atoms with Crippen LogP contribution in [0.15, 0.2) is 23.7 Å². The third kappa shape index (κ3) is 5.87. The first-order valence-corrected chi connectivity index (χ1v) is 10.9. The summed E-state index contributed by atoms with van der Waals surface area (Å²) in [5.41, 5.74) is 1.97. The average Bonchev–Trinajstić information content (AvgIpc) is 3.47. The number of ether oxygens (including phenoxy) is 1. The van der Waals surface area contributed by atoms with Crippen molar-refractivity contribution in [3.63, 3.8) is 0 Å². The molecule has 2 aromatic rings. The van der Waals surface area contributed by atoms with Crippen molar-refractivity contribution in [2.75, 3.05) is 26.2 Å². The molecule has 0 aliphatic carbocycles. The number of alkyl halides is 3. The number of hydrogen-bond acceptors (Lipinski definition) is 6. The molecule has 2 fully saturated rings. The van der Waals surface area contributed by atoms with Gasteiger partial charge in [-0.15, -0.1) is 11.3 Å². The summed E-state index contributed by atoms with van der Waals surface area (Å²) in [4.78, 5) is 25.1. The van der Waals surface area contributed by atoms with Crippen molar-refractivity contribution in [2.24, 2.45) is 18.9 Å². The molecule has 0 radical (unpaired) electrons. The number of aliphatic carboxylic acids is 1. The normalized spacial score (nSPS) is 22.8. The first-order valence-electron chi connectivity index (χ1n) is 9.99. The predicted molar refractivity (Wildman–Crippen MR) is 110 cm³/mol. The number of aromatic nitrogens is 2. The van der Waals surface area contributed by atoms with Gasteiger partial charge in [0.15, 0.2) is 0 Å². The summed E-state index contributed by atoms with van der Waals surface area (Å²) >= 11 is 1.83. The highest BCUT2D eigenvalue weighted by atomic mass is 32.1. The zero-order valence-corrected chi connectivity index (χ0v) is 18.4. The zero-order chi connectivity index (χ0) is 23.5. The van der Waals surface area contributed by atoms with Gasteiger partial charge in [0.25, 0.3) is 5.91 Å². The van der Waals surface area contributed by atoms with Gasteiger partial charge in [-0.2, -0.15) is 18.3 Å². The van der Waals surface area contributed by atoms with E-state index >= 15 is 0 Å². The molecule has 2 aliphatic rings. The maximum Gasteiger partial charge on any atom is 0.490 e. The van der Waals surface area contributed by atoms with Gasteiger partial charge in [-0.25, -0.2) is 4.79 Å². The molecular weight excluding hydrogens is 449 g/mol. The molecule has 0 saturated carbocycles. The molecule has 8 nitrogen and oxygen atoms in total. The van der Waals surface area contributed by atoms with Gasteiger partial charge in [-0.3, -0.25) is 14.4 Å². The van der Waals surface area contributed by atoms with E-state index in [0.29, 0.717) is 30.2 Å². The Balaban J connectivity index is 0.000000360. The summed E-state index contributed by atoms with van der Waals surface area (Å²) in [5, 5.41) is 16.4. The molecule has 1 amide bonds. The quantitative estimate of drug-likeness (QED) is 0.691. The van der Waals surface area contributed by atoms with Gasteiger partial charge in [0.1, 0.15) is 5.69 Å². The number of carbonyl (C=O) groups excluding carboxylic acids is 1. The average molecular weight is 475 g/mol. The molecule has 2 N–H and O–H groups in total. The van der Waals surface area contributed by atoms with Gasteiger partial charge in [-0.05, 0) is 30.0 Å². The molecule has 4 rings (SSSR count). The van der Waals surface area contributed by atoms with Gasteiger partial charge in [-0.1, -0.05) is 0 Å². The number of nitrogens with zero attached hydrogens (tertiary/aromatic N) is 3. The highest BCUT2D eigenvalue weighted by Crippen LogP contribution is 2.34. The molecule has 2 saturated heterocycles. The number of rotatable bonds is 5. The second-order valence-corrected chi connectivity index (χ2v) is 8.87. The monoisotopic (exact) mass is 474 g/mol. The Morgan fingerprint density at radius 1 is 1.34 bits per heavy atom. The number of carboxylic acids is 1. The lowest BCUT2D eigenvalue weighted by molar-refractivity contribution is -0.192. The number of aryl methyl sites for hydroxylation is 2. The van der Waals surface area contributed by atoms with Crippen LogP contribution in [0.5, 0.6) is 0 Å². The lowest BCUT2D eigenvalue weighted by Gasteiger charge is -2.19. The van der Waals surface area contributed by atoms with Crippen LogP contribution < -0.4 is 5.32 Å². The minimum atomic E-state index is -5.08. The highest BCUT2D eigenvalue weighted by molar-refractivity contribution is 7.10. The smallest absolute Gasteiger partial charge is 0.475 e. The first-order chi connectivity index (χ1) is 15.1. The predicted octanol–water partition coefficient (Wildman–Crippen LogP) is 2.30. The third-order valence-electron chi connectivity index (χ3n) is 5.67. The van der Waals surface area contributed by atoms with E-state index in [4.69, 9.17) is 14.6 Å². The minimum Gasteiger partial charge on any atom is -0.475 e. The molecule has 176 valence electrons. The van der Waals surface area contributed by atoms with E-state index in [9.17, 15) is 18.0 Å². The van der Waals surface area contributed by atoms with Crippen molar-refractivity contribution in [1.29, 1.82) is 0 Å². The Morgan fingerprint density at radius 3 is 2.62 bits per heavy atom. The Morgan fingerprint density at radius 2 is 2.06 bits per heavy atom. The zero-order valence-electron chi connectivity index (χ0n) is 17.6. The van der Waals surface area contributed by atoms with Crippen LogP contribution in [0.3, 0.4) is 0 Å². The van der Waals surface area contributed by atoms with Gasteiger partial charge in [0, 0.05) is 56.1 Å². The van der Waals surface area contributed by atoms with E-state index in [1.54, 1.807) is 24.0 Å². The lowest BCUT2D eigenvalue weighted by atomic mass is 9.93. The van der Waals surface area contributed by atoms with E-state index in [2.05, 4.69) is 33.7 Å². The van der Waals surface area contributed by atoms with Crippen molar-refractivity contribution >= 4 is 23.2 Å². The fraction of sp³-hybridized carbons (Fsp3) is 0.550. The molecule has 4 heterocycles. The maximum absolute atomic E-state index is 12.3. The molecule has 0 spiro atoms. The van der Waals surface area contributed by atoms with E-state index in [1.165, 1.54) is 10.4 Å². The molecule has 0 aromatic carbocycles. The number of hydrogen-bond donors (Lipinski definition) is 2. The van der Waals surface area contributed by atoms with Crippen molar-refractivity contribution < 1.29 is 32.6 Å². The summed E-state index contributed by atoms with van der Waals surface area (Å²) in [5.74, 6) is -1.93. The van der Waals surface area contributed by atoms with Crippen LogP contribution in [0, 0.1) is 18.8 Å². The van der Waals surface area contributed by atoms with E-state index in [0.717, 1.165) is 26.2 Å². The second kappa shape index (κ2) is 10.0. The SMILES string of the molecule is Cc1ccsc1CN1C[C@@H]2[C@H](CNC(=O)c3ccnn3C)CO[C@@H]2C1.O=C(O)C(F)(F)F. The summed E-state index contributed by atoms with van der Waals surface area (Å²) in [7, 11) is 1.78. The second-order valence-electron chi connectivity index (χ2n) is 7.87. The minimum absolute atomic E-state index is 0.0625. The summed E-state index contributed by atoms with van der Waals surface area (Å²) < 4.78 is 39.3. The number of carboxylic acid groups (broad SMARTS) is 1. The maximum atomic E-state index is 12.3. The highest BCUT2D eigenvalue weighted by Gasteiger charge is 2.43. The van der Waals surface area contributed by atoms with Gasteiger partial charge >= 0.3 is 12.1 Å². The summed E-state index contributed by atoms with van der Waals surface area (Å²) in [6.07, 6.45) is -3.13. The van der Waals surface area contributed by atoms with Crippen LogP contribution in [0.2, 0.25) is 0 Å². The fourth-order valence-corrected chi connectivity index (χ4v) is 4.85. The molecule has 32 heavy (non-hydrogen) atoms. The van der Waals surface area contributed by atoms with Gasteiger partial charge in [0.2, 0.25) is 0 Å². The number of nitrogens with one attached hydrogen (secondary N) is 1. The number of amides is 1. The van der Waals surface area contributed by atoms with Gasteiger partial charge in [0.05, 0.1) is 12.7 Å². The van der Waals surface area contributed by atoms with Crippen LogP contribution >= 0.6 is 11.3 Å². The molecule has 2 aromatic heterocycles. The number of fused-ring (bicyclic) bond motifs is 1. The molecule has 12 heteroatoms. The Bertz CT molecular complexity index is 945. The van der Waals surface area contributed by atoms with Gasteiger partial charge < -0.3 is 15.2 Å². The summed E-state index contributed by atoms with van der Waals surface area (Å²) in [6.45, 7) is 6.64. The fourth-order valence-electron chi connectivity index (χ4n) is 3.90. The third-order valence-corrected chi connectivity index (χ3v) is 6.68. The molecular formula is C20H25F3N4O4S. The largest absolute Gasteiger partial charge is 0.490 e. The molecule has 3 atom stereocenters. The van der Waals surface area contributed by atoms with Crippen LogP contribution in [-0.4, -0.2) is 70.2 Å². The molecule has 0 unspecified atom stereocenters. The molecule has 2 aliphatic heterocycles. The van der Waals surface area contributed by atoms with Crippen LogP contribution in [0.25, 0.3) is 0 Å². The van der Waals surface area contributed by atoms with Crippen LogP contribution in [0.1, 0.15) is 20.9 Å². The first kappa shape index (κ1) is 24.2. The number of carbonyl (C=O) groups is 2. The van der Waals surface area contributed by atoms with Crippen molar-refractivity contribution in [3.8, 4) is 0 Å². The van der Waals surface area contributed by atoms with E-state index < -0.39 is 12.1 Å². The van der Waals surface area contributed by atoms with Crippen molar-refractivity contribution in [1.82, 2.24) is 20.0 Å². The van der Waals surface area contributed by atoms with Crippen LogP contribution in [-0.2, 0) is 23.1 Å². The van der Waals surface area contributed by atoms with E-state index in [-0.39, 0.29) is 5.91 Å². The topological polar surface area (TPSA) is 96.7 Å². The number of likely N-dealkylation sites (tertiary alicyclic amines) is 1.